The molecule has 0 radical (unpaired) electrons. The first-order chi connectivity index (χ1) is 17.1. The lowest BCUT2D eigenvalue weighted by Gasteiger charge is -2.14. The van der Waals surface area contributed by atoms with Crippen LogP contribution in [-0.4, -0.2) is 0 Å². The minimum absolute atomic E-state index is 0.0972. The summed E-state index contributed by atoms with van der Waals surface area (Å²) in [7, 11) is 0. The van der Waals surface area contributed by atoms with Gasteiger partial charge in [-0.15, -0.1) is 6.42 Å². The average Bonchev–Trinajstić information content (AvgIpc) is 2.88. The number of aryl methyl sites for hydroxylation is 3. The summed E-state index contributed by atoms with van der Waals surface area (Å²) < 4.78 is 12.6. The van der Waals surface area contributed by atoms with Crippen molar-refractivity contribution in [3.8, 4) is 12.3 Å². The molecule has 0 aliphatic heterocycles. The van der Waals surface area contributed by atoms with Gasteiger partial charge in [0.25, 0.3) is 0 Å². The Kier molecular flexibility index (Phi) is 25.1. The smallest absolute Gasteiger partial charge is 0.126 e. The fourth-order valence-electron chi connectivity index (χ4n) is 2.79. The molecule has 1 heteroatoms. The van der Waals surface area contributed by atoms with E-state index in [1.165, 1.54) is 40.0 Å². The normalized spacial score (nSPS) is 8.56. The molecule has 0 nitrogen and oxygen atoms in total. The van der Waals surface area contributed by atoms with E-state index in [1.54, 1.807) is 18.2 Å². The van der Waals surface area contributed by atoms with E-state index in [0.29, 0.717) is 0 Å². The molecule has 0 amide bonds. The Morgan fingerprint density at radius 3 is 1.92 bits per heavy atom. The summed E-state index contributed by atoms with van der Waals surface area (Å²) in [5.41, 5.74) is 8.10. The minimum Gasteiger partial charge on any atom is -0.207 e. The van der Waals surface area contributed by atoms with Gasteiger partial charge in [0.15, 0.2) is 0 Å². The first-order valence-electron chi connectivity index (χ1n) is 12.3. The molecular formula is C35H47F. The van der Waals surface area contributed by atoms with Crippen molar-refractivity contribution < 1.29 is 4.39 Å². The highest BCUT2D eigenvalue weighted by Crippen LogP contribution is 2.29. The van der Waals surface area contributed by atoms with E-state index < -0.39 is 0 Å². The second-order valence-corrected chi connectivity index (χ2v) is 7.50. The van der Waals surface area contributed by atoms with Crippen molar-refractivity contribution in [2.45, 2.75) is 61.8 Å². The number of rotatable bonds is 5. The maximum atomic E-state index is 12.6. The summed E-state index contributed by atoms with van der Waals surface area (Å²) in [6.07, 6.45) is 14.2. The van der Waals surface area contributed by atoms with Crippen LogP contribution in [0.2, 0.25) is 0 Å². The van der Waals surface area contributed by atoms with Gasteiger partial charge in [-0.1, -0.05) is 125 Å². The molecule has 0 aliphatic carbocycles. The van der Waals surface area contributed by atoms with Crippen LogP contribution in [0.15, 0.2) is 110 Å². The zero-order valence-corrected chi connectivity index (χ0v) is 23.9. The van der Waals surface area contributed by atoms with Gasteiger partial charge in [0.05, 0.1) is 0 Å². The van der Waals surface area contributed by atoms with Crippen molar-refractivity contribution in [3.63, 3.8) is 0 Å². The van der Waals surface area contributed by atoms with Gasteiger partial charge in [0.1, 0.15) is 5.82 Å². The number of terminal acetylenes is 1. The van der Waals surface area contributed by atoms with Crippen LogP contribution in [0.1, 0.15) is 63.8 Å². The number of allylic oxidation sites excluding steroid dienone is 8. The molecule has 0 aliphatic rings. The average molecular weight is 487 g/mol. The van der Waals surface area contributed by atoms with Gasteiger partial charge in [-0.25, -0.2) is 4.39 Å². The largest absolute Gasteiger partial charge is 0.207 e. The van der Waals surface area contributed by atoms with E-state index in [4.69, 9.17) is 0 Å². The van der Waals surface area contributed by atoms with Crippen molar-refractivity contribution in [3.05, 3.63) is 138 Å². The van der Waals surface area contributed by atoms with E-state index in [2.05, 4.69) is 84.6 Å². The molecule has 0 spiro atoms. The second-order valence-electron chi connectivity index (χ2n) is 7.50. The van der Waals surface area contributed by atoms with Crippen LogP contribution < -0.4 is 0 Å². The molecule has 2 aromatic rings. The van der Waals surface area contributed by atoms with E-state index in [1.807, 2.05) is 52.0 Å². The molecule has 0 unspecified atom stereocenters. The van der Waals surface area contributed by atoms with E-state index in [-0.39, 0.29) is 5.82 Å². The molecule has 0 aromatic heterocycles. The highest BCUT2D eigenvalue weighted by molar-refractivity contribution is 5.84. The molecule has 194 valence electrons. The zero-order chi connectivity index (χ0) is 28.5. The van der Waals surface area contributed by atoms with Crippen LogP contribution in [0.5, 0.6) is 0 Å². The lowest BCUT2D eigenvalue weighted by atomic mass is 9.91. The molecule has 0 atom stereocenters. The summed E-state index contributed by atoms with van der Waals surface area (Å²) in [6, 6.07) is 13.3. The summed E-state index contributed by atoms with van der Waals surface area (Å²) in [5, 5.41) is 0. The molecule has 2 aromatic carbocycles. The quantitative estimate of drug-likeness (QED) is 0.291. The number of hydrogen-bond acceptors (Lipinski definition) is 0. The fraction of sp³-hybridized carbons (Fsp3) is 0.257. The van der Waals surface area contributed by atoms with Crippen LogP contribution in [0.25, 0.3) is 5.57 Å². The van der Waals surface area contributed by atoms with Crippen molar-refractivity contribution >= 4 is 5.57 Å². The molecular weight excluding hydrogens is 439 g/mol. The standard InChI is InChI=1S/C16H20.C8H9F.C5H8.C4H4.C2H6/c1-7-13(5)16(11(2)3)15-10-12(4)8-9-14(15)6;1-2-7-5-3-4-6-8(7)9;1-3-5-4-2;1-3-4-2;1-2/h7-10H,1,5H2,2-4,6H3;3-6H,2H2,1H3;3-5H,1H2,2H3;1,4H,2H2;1-2H3/b;;5-4-;;. The minimum atomic E-state index is -0.0972. The van der Waals surface area contributed by atoms with Crippen LogP contribution in [-0.2, 0) is 6.42 Å². The van der Waals surface area contributed by atoms with Crippen molar-refractivity contribution in [1.29, 1.82) is 0 Å². The van der Waals surface area contributed by atoms with Gasteiger partial charge in [-0.05, 0) is 81.0 Å². The molecule has 0 saturated carbocycles. The summed E-state index contributed by atoms with van der Waals surface area (Å²) >= 11 is 0. The fourth-order valence-corrected chi connectivity index (χ4v) is 2.79. The lowest BCUT2D eigenvalue weighted by Crippen LogP contribution is -1.94. The predicted molar refractivity (Wildman–Crippen MR) is 165 cm³/mol. The van der Waals surface area contributed by atoms with Crippen molar-refractivity contribution in [2.75, 3.05) is 0 Å². The molecule has 0 bridgehead atoms. The summed E-state index contributed by atoms with van der Waals surface area (Å²) in [5.74, 6) is 2.10. The number of benzene rings is 2. The lowest BCUT2D eigenvalue weighted by molar-refractivity contribution is 0.612. The number of halogens is 1. The molecule has 0 heterocycles. The highest BCUT2D eigenvalue weighted by Gasteiger charge is 2.08. The van der Waals surface area contributed by atoms with Gasteiger partial charge < -0.3 is 0 Å². The summed E-state index contributed by atoms with van der Waals surface area (Å²) in [4.78, 5) is 0. The Labute approximate surface area is 222 Å². The third-order valence-corrected chi connectivity index (χ3v) is 4.52. The summed E-state index contributed by atoms with van der Waals surface area (Å²) in [6.45, 7) is 31.0. The molecule has 0 saturated heterocycles. The van der Waals surface area contributed by atoms with Crippen LogP contribution in [0.3, 0.4) is 0 Å². The first-order valence-corrected chi connectivity index (χ1v) is 12.3. The van der Waals surface area contributed by atoms with Crippen LogP contribution >= 0.6 is 0 Å². The van der Waals surface area contributed by atoms with Crippen molar-refractivity contribution in [2.24, 2.45) is 0 Å². The predicted octanol–water partition coefficient (Wildman–Crippen LogP) is 10.8. The Balaban J connectivity index is -0.000000457. The van der Waals surface area contributed by atoms with Gasteiger partial charge >= 0.3 is 0 Å². The van der Waals surface area contributed by atoms with Gasteiger partial charge in [-0.2, -0.15) is 0 Å². The highest BCUT2D eigenvalue weighted by atomic mass is 19.1. The molecule has 0 fully saturated rings. The Hall–Kier alpha value is -3.63. The third-order valence-electron chi connectivity index (χ3n) is 4.52. The van der Waals surface area contributed by atoms with Crippen LogP contribution in [0, 0.1) is 32.0 Å². The van der Waals surface area contributed by atoms with Gasteiger partial charge in [0.2, 0.25) is 0 Å². The van der Waals surface area contributed by atoms with Gasteiger partial charge in [-0.3, -0.25) is 0 Å². The first kappa shape index (κ1) is 36.9. The maximum absolute atomic E-state index is 12.6. The van der Waals surface area contributed by atoms with E-state index in [9.17, 15) is 4.39 Å². The zero-order valence-electron chi connectivity index (χ0n) is 23.9. The third kappa shape index (κ3) is 16.9. The van der Waals surface area contributed by atoms with Crippen molar-refractivity contribution in [1.82, 2.24) is 0 Å². The Morgan fingerprint density at radius 2 is 1.58 bits per heavy atom. The Bertz CT molecular complexity index is 1020. The van der Waals surface area contributed by atoms with Gasteiger partial charge in [0, 0.05) is 0 Å². The topological polar surface area (TPSA) is 0 Å². The Morgan fingerprint density at radius 1 is 1.03 bits per heavy atom. The molecule has 2 rings (SSSR count). The van der Waals surface area contributed by atoms with E-state index in [0.717, 1.165) is 17.6 Å². The SMILES string of the molecule is C#CC=C.C=C/C=C\C.C=CC(=C)C(=C(C)C)c1cc(C)ccc1C.CC.CCc1ccccc1F. The van der Waals surface area contributed by atoms with E-state index >= 15 is 0 Å². The van der Waals surface area contributed by atoms with Crippen LogP contribution in [0.4, 0.5) is 4.39 Å². The molecule has 0 N–H and O–H groups in total. The number of hydrogen-bond donors (Lipinski definition) is 0. The molecule has 36 heavy (non-hydrogen) atoms. The monoisotopic (exact) mass is 486 g/mol. The maximum Gasteiger partial charge on any atom is 0.126 e. The second kappa shape index (κ2) is 24.5.